The van der Waals surface area contributed by atoms with Crippen molar-refractivity contribution in [2.24, 2.45) is 5.92 Å². The van der Waals surface area contributed by atoms with Crippen molar-refractivity contribution in [2.45, 2.75) is 55.9 Å². The molecule has 3 fully saturated rings. The number of pyridine rings is 2. The van der Waals surface area contributed by atoms with Crippen LogP contribution in [0.4, 0.5) is 14.6 Å². The highest BCUT2D eigenvalue weighted by atomic mass is 35.5. The molecule has 1 amide bonds. The molecule has 3 aliphatic rings. The Morgan fingerprint density at radius 2 is 1.86 bits per heavy atom. The van der Waals surface area contributed by atoms with Gasteiger partial charge in [-0.1, -0.05) is 17.7 Å². The predicted molar refractivity (Wildman–Crippen MR) is 132 cm³/mol. The van der Waals surface area contributed by atoms with E-state index in [0.717, 1.165) is 54.1 Å². The van der Waals surface area contributed by atoms with E-state index >= 15 is 0 Å². The van der Waals surface area contributed by atoms with E-state index in [9.17, 15) is 13.6 Å². The summed E-state index contributed by atoms with van der Waals surface area (Å²) in [6.45, 7) is -0.214. The SMILES string of the molecule is O=C(Nc1cc2cc(C3CCC(N4CC(F)(F)C4)CC3)c(Cl)cc2cn1)[C@@H]1C[C@H]1c1ccccn1. The molecule has 2 aromatic heterocycles. The van der Waals surface area contributed by atoms with Crippen molar-refractivity contribution in [1.29, 1.82) is 0 Å². The van der Waals surface area contributed by atoms with Crippen molar-refractivity contribution in [3.63, 3.8) is 0 Å². The summed E-state index contributed by atoms with van der Waals surface area (Å²) in [5.74, 6) is -1.62. The molecule has 2 atom stereocenters. The van der Waals surface area contributed by atoms with Crippen LogP contribution in [0.5, 0.6) is 0 Å². The predicted octanol–water partition coefficient (Wildman–Crippen LogP) is 6.00. The van der Waals surface area contributed by atoms with Gasteiger partial charge in [-0.3, -0.25) is 14.7 Å². The summed E-state index contributed by atoms with van der Waals surface area (Å²) in [5.41, 5.74) is 2.04. The molecular formula is C27H27ClF2N4O. The van der Waals surface area contributed by atoms with Crippen LogP contribution in [-0.2, 0) is 4.79 Å². The number of amides is 1. The van der Waals surface area contributed by atoms with Gasteiger partial charge < -0.3 is 5.32 Å². The summed E-state index contributed by atoms with van der Waals surface area (Å²) in [5, 5.41) is 5.59. The fourth-order valence-corrected chi connectivity index (χ4v) is 6.08. The fraction of sp³-hybridized carbons (Fsp3) is 0.444. The quantitative estimate of drug-likeness (QED) is 0.470. The number of carbonyl (C=O) groups is 1. The van der Waals surface area contributed by atoms with Gasteiger partial charge in [0.2, 0.25) is 5.91 Å². The molecule has 1 saturated heterocycles. The van der Waals surface area contributed by atoms with E-state index in [1.54, 1.807) is 12.4 Å². The highest BCUT2D eigenvalue weighted by Gasteiger charge is 2.47. The third kappa shape index (κ3) is 4.64. The van der Waals surface area contributed by atoms with Gasteiger partial charge in [0.05, 0.1) is 13.1 Å². The first-order valence-corrected chi connectivity index (χ1v) is 12.7. The lowest BCUT2D eigenvalue weighted by Crippen LogP contribution is -2.60. The number of hydrogen-bond donors (Lipinski definition) is 1. The Bertz CT molecular complexity index is 1250. The molecule has 5 nitrogen and oxygen atoms in total. The summed E-state index contributed by atoms with van der Waals surface area (Å²) in [7, 11) is 0. The number of benzene rings is 1. The Hall–Kier alpha value is -2.64. The number of fused-ring (bicyclic) bond motifs is 1. The Kier molecular flexibility index (Phi) is 5.72. The van der Waals surface area contributed by atoms with Crippen molar-refractivity contribution in [3.05, 3.63) is 65.1 Å². The third-order valence-corrected chi connectivity index (χ3v) is 8.13. The van der Waals surface area contributed by atoms with Crippen LogP contribution in [0.1, 0.15) is 55.2 Å². The molecule has 6 rings (SSSR count). The minimum absolute atomic E-state index is 0.0309. The lowest BCUT2D eigenvalue weighted by Gasteiger charge is -2.46. The normalized spacial score (nSPS) is 27.9. The Labute approximate surface area is 207 Å². The molecule has 3 aromatic rings. The van der Waals surface area contributed by atoms with Crippen molar-refractivity contribution < 1.29 is 13.6 Å². The molecule has 1 aromatic carbocycles. The summed E-state index contributed by atoms with van der Waals surface area (Å²) >= 11 is 6.65. The molecular weight excluding hydrogens is 470 g/mol. The van der Waals surface area contributed by atoms with Crippen LogP contribution in [0, 0.1) is 5.92 Å². The third-order valence-electron chi connectivity index (χ3n) is 7.81. The van der Waals surface area contributed by atoms with Gasteiger partial charge >= 0.3 is 0 Å². The van der Waals surface area contributed by atoms with Gasteiger partial charge in [-0.2, -0.15) is 0 Å². The average molecular weight is 497 g/mol. The van der Waals surface area contributed by atoms with Crippen molar-refractivity contribution in [2.75, 3.05) is 18.4 Å². The molecule has 1 N–H and O–H groups in total. The van der Waals surface area contributed by atoms with Crippen LogP contribution < -0.4 is 5.32 Å². The maximum absolute atomic E-state index is 13.2. The lowest BCUT2D eigenvalue weighted by atomic mass is 9.80. The van der Waals surface area contributed by atoms with E-state index in [1.807, 2.05) is 35.2 Å². The molecule has 0 bridgehead atoms. The maximum atomic E-state index is 13.2. The van der Waals surface area contributed by atoms with Gasteiger partial charge in [-0.05, 0) is 79.3 Å². The number of hydrogen-bond acceptors (Lipinski definition) is 4. The van der Waals surface area contributed by atoms with Crippen LogP contribution in [0.15, 0.2) is 48.8 Å². The van der Waals surface area contributed by atoms with Crippen molar-refractivity contribution >= 4 is 34.1 Å². The zero-order chi connectivity index (χ0) is 24.2. The maximum Gasteiger partial charge on any atom is 0.272 e. The number of likely N-dealkylation sites (tertiary alicyclic amines) is 1. The highest BCUT2D eigenvalue weighted by molar-refractivity contribution is 6.32. The van der Waals surface area contributed by atoms with E-state index in [-0.39, 0.29) is 36.9 Å². The van der Waals surface area contributed by atoms with Gasteiger partial charge in [0.15, 0.2) is 0 Å². The van der Waals surface area contributed by atoms with Gasteiger partial charge in [-0.15, -0.1) is 0 Å². The molecule has 35 heavy (non-hydrogen) atoms. The van der Waals surface area contributed by atoms with Crippen LogP contribution in [0.3, 0.4) is 0 Å². The number of rotatable bonds is 5. The zero-order valence-corrected chi connectivity index (χ0v) is 20.0. The summed E-state index contributed by atoms with van der Waals surface area (Å²) in [4.78, 5) is 23.5. The van der Waals surface area contributed by atoms with Crippen molar-refractivity contribution in [1.82, 2.24) is 14.9 Å². The number of carbonyl (C=O) groups excluding carboxylic acids is 1. The minimum atomic E-state index is -2.52. The second kappa shape index (κ2) is 8.79. The summed E-state index contributed by atoms with van der Waals surface area (Å²) in [6.07, 6.45) is 7.98. The van der Waals surface area contributed by atoms with Crippen molar-refractivity contribution in [3.8, 4) is 0 Å². The summed E-state index contributed by atoms with van der Waals surface area (Å²) < 4.78 is 26.5. The van der Waals surface area contributed by atoms with Crippen LogP contribution in [0.2, 0.25) is 5.02 Å². The number of nitrogens with one attached hydrogen (secondary N) is 1. The second-order valence-electron chi connectivity index (χ2n) is 10.2. The molecule has 0 radical (unpaired) electrons. The number of nitrogens with zero attached hydrogens (tertiary/aromatic N) is 3. The van der Waals surface area contributed by atoms with Crippen LogP contribution in [-0.4, -0.2) is 45.8 Å². The van der Waals surface area contributed by atoms with Gasteiger partial charge in [0, 0.05) is 46.4 Å². The van der Waals surface area contributed by atoms with Gasteiger partial charge in [0.1, 0.15) is 5.82 Å². The van der Waals surface area contributed by atoms with Crippen LogP contribution >= 0.6 is 11.6 Å². The topological polar surface area (TPSA) is 58.1 Å². The standard InChI is InChI=1S/C27H27ClF2N4O/c28-23-10-18-13-32-25(33-26(35)22-12-21(22)24-3-1-2-8-31-24)11-17(18)9-20(23)16-4-6-19(7-5-16)34-14-27(29,30)15-34/h1-3,8-11,13,16,19,21-22H,4-7,12,14-15H2,(H,32,33,35)/t16?,19?,21-,22-/m1/s1. The first-order chi connectivity index (χ1) is 16.9. The van der Waals surface area contributed by atoms with E-state index in [4.69, 9.17) is 11.6 Å². The number of anilines is 1. The number of halogens is 3. The monoisotopic (exact) mass is 496 g/mol. The largest absolute Gasteiger partial charge is 0.310 e. The van der Waals surface area contributed by atoms with E-state index in [0.29, 0.717) is 16.8 Å². The number of aromatic nitrogens is 2. The van der Waals surface area contributed by atoms with E-state index in [1.165, 1.54) is 0 Å². The molecule has 2 aliphatic carbocycles. The Balaban J connectivity index is 1.13. The summed E-state index contributed by atoms with van der Waals surface area (Å²) in [6, 6.07) is 12.0. The molecule has 182 valence electrons. The smallest absolute Gasteiger partial charge is 0.272 e. The van der Waals surface area contributed by atoms with E-state index < -0.39 is 5.92 Å². The molecule has 0 unspecified atom stereocenters. The van der Waals surface area contributed by atoms with Gasteiger partial charge in [-0.25, -0.2) is 13.8 Å². The first-order valence-electron chi connectivity index (χ1n) is 12.3. The minimum Gasteiger partial charge on any atom is -0.310 e. The first kappa shape index (κ1) is 22.8. The molecule has 3 heterocycles. The average Bonchev–Trinajstić information content (AvgIpc) is 3.64. The fourth-order valence-electron chi connectivity index (χ4n) is 5.75. The molecule has 8 heteroatoms. The zero-order valence-electron chi connectivity index (χ0n) is 19.3. The lowest BCUT2D eigenvalue weighted by molar-refractivity contribution is -0.150. The molecule has 2 saturated carbocycles. The van der Waals surface area contributed by atoms with Gasteiger partial charge in [0.25, 0.3) is 5.92 Å². The Morgan fingerprint density at radius 1 is 1.06 bits per heavy atom. The number of alkyl halides is 2. The highest BCUT2D eigenvalue weighted by Crippen LogP contribution is 2.47. The Morgan fingerprint density at radius 3 is 2.57 bits per heavy atom. The van der Waals surface area contributed by atoms with Crippen LogP contribution in [0.25, 0.3) is 10.8 Å². The van der Waals surface area contributed by atoms with E-state index in [2.05, 4.69) is 21.4 Å². The molecule has 0 spiro atoms. The molecule has 1 aliphatic heterocycles. The second-order valence-corrected chi connectivity index (χ2v) is 10.7.